The minimum Gasteiger partial charge on any atom is -0.355 e. The zero-order chi connectivity index (χ0) is 11.4. The molecule has 0 bridgehead atoms. The van der Waals surface area contributed by atoms with Crippen LogP contribution in [0.25, 0.3) is 0 Å². The maximum Gasteiger partial charge on any atom is 0.225 e. The topological polar surface area (TPSA) is 75.4 Å². The van der Waals surface area contributed by atoms with Gasteiger partial charge in [-0.15, -0.1) is 0 Å². The van der Waals surface area contributed by atoms with Crippen LogP contribution in [0.4, 0.5) is 0 Å². The molecule has 0 aromatic heterocycles. The molecule has 0 saturated carbocycles. The number of nitrogens with two attached hydrogens (primary N) is 1. The van der Waals surface area contributed by atoms with Gasteiger partial charge in [0.2, 0.25) is 11.8 Å². The van der Waals surface area contributed by atoms with E-state index in [1.54, 1.807) is 4.90 Å². The Bertz CT molecular complexity index is 253. The summed E-state index contributed by atoms with van der Waals surface area (Å²) in [6.45, 7) is 5.36. The highest BCUT2D eigenvalue weighted by Gasteiger charge is 2.35. The molecule has 1 atom stereocenters. The molecular formula is C10H19N3O2. The van der Waals surface area contributed by atoms with Gasteiger partial charge in [0.05, 0.1) is 5.92 Å². The molecule has 0 radical (unpaired) electrons. The number of hydrogen-bond acceptors (Lipinski definition) is 3. The lowest BCUT2D eigenvalue weighted by Crippen LogP contribution is -2.37. The van der Waals surface area contributed by atoms with Gasteiger partial charge in [0.25, 0.3) is 0 Å². The Morgan fingerprint density at radius 3 is 2.80 bits per heavy atom. The lowest BCUT2D eigenvalue weighted by Gasteiger charge is -2.20. The third-order valence-electron chi connectivity index (χ3n) is 2.60. The van der Waals surface area contributed by atoms with E-state index in [1.807, 2.05) is 13.8 Å². The van der Waals surface area contributed by atoms with Crippen molar-refractivity contribution in [2.24, 2.45) is 11.7 Å². The Morgan fingerprint density at radius 2 is 2.33 bits per heavy atom. The first-order valence-electron chi connectivity index (χ1n) is 5.33. The van der Waals surface area contributed by atoms with E-state index < -0.39 is 0 Å². The Morgan fingerprint density at radius 1 is 1.67 bits per heavy atom. The van der Waals surface area contributed by atoms with Gasteiger partial charge in [-0.2, -0.15) is 0 Å². The second kappa shape index (κ2) is 5.11. The molecule has 0 aromatic carbocycles. The molecule has 0 aliphatic carbocycles. The van der Waals surface area contributed by atoms with E-state index in [-0.39, 0.29) is 23.8 Å². The molecule has 5 nitrogen and oxygen atoms in total. The Hall–Kier alpha value is -1.10. The second-order valence-corrected chi connectivity index (χ2v) is 4.12. The number of rotatable bonds is 4. The van der Waals surface area contributed by atoms with Crippen molar-refractivity contribution in [1.29, 1.82) is 0 Å². The highest BCUT2D eigenvalue weighted by atomic mass is 16.2. The fourth-order valence-corrected chi connectivity index (χ4v) is 1.75. The SMILES string of the molecule is CC(C)N1CC(C(=O)NCCN)CC1=O. The number of amides is 2. The van der Waals surface area contributed by atoms with Crippen molar-refractivity contribution in [2.75, 3.05) is 19.6 Å². The van der Waals surface area contributed by atoms with Crippen LogP contribution in [0.2, 0.25) is 0 Å². The minimum atomic E-state index is -0.202. The number of likely N-dealkylation sites (tertiary alicyclic amines) is 1. The zero-order valence-electron chi connectivity index (χ0n) is 9.32. The summed E-state index contributed by atoms with van der Waals surface area (Å²) in [5.74, 6) is -0.193. The summed E-state index contributed by atoms with van der Waals surface area (Å²) in [5.41, 5.74) is 5.29. The highest BCUT2D eigenvalue weighted by Crippen LogP contribution is 2.19. The predicted molar refractivity (Wildman–Crippen MR) is 57.0 cm³/mol. The largest absolute Gasteiger partial charge is 0.355 e. The van der Waals surface area contributed by atoms with Crippen molar-refractivity contribution in [3.05, 3.63) is 0 Å². The van der Waals surface area contributed by atoms with E-state index in [4.69, 9.17) is 5.73 Å². The van der Waals surface area contributed by atoms with Crippen molar-refractivity contribution >= 4 is 11.8 Å². The molecule has 1 unspecified atom stereocenters. The molecule has 1 heterocycles. The Balaban J connectivity index is 2.47. The van der Waals surface area contributed by atoms with Gasteiger partial charge in [-0.1, -0.05) is 0 Å². The van der Waals surface area contributed by atoms with Gasteiger partial charge >= 0.3 is 0 Å². The van der Waals surface area contributed by atoms with Gasteiger partial charge < -0.3 is 16.0 Å². The highest BCUT2D eigenvalue weighted by molar-refractivity contribution is 5.89. The lowest BCUT2D eigenvalue weighted by molar-refractivity contribution is -0.129. The van der Waals surface area contributed by atoms with Crippen LogP contribution in [0.3, 0.4) is 0 Å². The Labute approximate surface area is 90.0 Å². The van der Waals surface area contributed by atoms with E-state index in [2.05, 4.69) is 5.32 Å². The molecule has 86 valence electrons. The molecule has 1 rings (SSSR count). The first-order valence-corrected chi connectivity index (χ1v) is 5.33. The molecule has 5 heteroatoms. The molecule has 0 aromatic rings. The van der Waals surface area contributed by atoms with Gasteiger partial charge in [0.15, 0.2) is 0 Å². The van der Waals surface area contributed by atoms with E-state index >= 15 is 0 Å². The molecular weight excluding hydrogens is 194 g/mol. The first-order chi connectivity index (χ1) is 7.06. The normalized spacial score (nSPS) is 21.2. The third kappa shape index (κ3) is 2.92. The first kappa shape index (κ1) is 12.0. The molecule has 15 heavy (non-hydrogen) atoms. The summed E-state index contributed by atoms with van der Waals surface area (Å²) in [7, 11) is 0. The molecule has 3 N–H and O–H groups in total. The van der Waals surface area contributed by atoms with E-state index in [1.165, 1.54) is 0 Å². The monoisotopic (exact) mass is 213 g/mol. The molecule has 0 spiro atoms. The molecule has 2 amide bonds. The summed E-state index contributed by atoms with van der Waals surface area (Å²) in [4.78, 5) is 24.8. The van der Waals surface area contributed by atoms with Crippen molar-refractivity contribution in [3.63, 3.8) is 0 Å². The van der Waals surface area contributed by atoms with Crippen molar-refractivity contribution in [3.8, 4) is 0 Å². The van der Waals surface area contributed by atoms with Crippen molar-refractivity contribution in [1.82, 2.24) is 10.2 Å². The number of nitrogens with zero attached hydrogens (tertiary/aromatic N) is 1. The molecule has 1 fully saturated rings. The van der Waals surface area contributed by atoms with Crippen LogP contribution < -0.4 is 11.1 Å². The van der Waals surface area contributed by atoms with Gasteiger partial charge in [0.1, 0.15) is 0 Å². The van der Waals surface area contributed by atoms with E-state index in [0.29, 0.717) is 26.1 Å². The number of carbonyl (C=O) groups excluding carboxylic acids is 2. The van der Waals surface area contributed by atoms with Crippen molar-refractivity contribution < 1.29 is 9.59 Å². The lowest BCUT2D eigenvalue weighted by atomic mass is 10.1. The standard InChI is InChI=1S/C10H19N3O2/c1-7(2)13-6-8(5-9(13)14)10(15)12-4-3-11/h7-8H,3-6,11H2,1-2H3,(H,12,15). The number of nitrogens with one attached hydrogen (secondary N) is 1. The maximum absolute atomic E-state index is 11.6. The quantitative estimate of drug-likeness (QED) is 0.649. The van der Waals surface area contributed by atoms with Crippen LogP contribution in [-0.2, 0) is 9.59 Å². The van der Waals surface area contributed by atoms with Crippen LogP contribution in [0.5, 0.6) is 0 Å². The van der Waals surface area contributed by atoms with Crippen LogP contribution >= 0.6 is 0 Å². The average Bonchev–Trinajstić information content (AvgIpc) is 2.56. The summed E-state index contributed by atoms with van der Waals surface area (Å²) >= 11 is 0. The summed E-state index contributed by atoms with van der Waals surface area (Å²) in [6.07, 6.45) is 0.328. The molecule has 1 aliphatic rings. The van der Waals surface area contributed by atoms with Gasteiger partial charge in [-0.25, -0.2) is 0 Å². The molecule has 1 aliphatic heterocycles. The summed E-state index contributed by atoms with van der Waals surface area (Å²) in [5, 5.41) is 2.71. The smallest absolute Gasteiger partial charge is 0.225 e. The van der Waals surface area contributed by atoms with Crippen LogP contribution in [0.1, 0.15) is 20.3 Å². The van der Waals surface area contributed by atoms with Gasteiger partial charge in [0, 0.05) is 32.1 Å². The summed E-state index contributed by atoms with van der Waals surface area (Å²) < 4.78 is 0. The fourth-order valence-electron chi connectivity index (χ4n) is 1.75. The predicted octanol–water partition coefficient (Wildman–Crippen LogP) is -0.682. The number of hydrogen-bond donors (Lipinski definition) is 2. The molecule has 1 saturated heterocycles. The van der Waals surface area contributed by atoms with Gasteiger partial charge in [-0.3, -0.25) is 9.59 Å². The summed E-state index contributed by atoms with van der Waals surface area (Å²) in [6, 6.07) is 0.171. The Kier molecular flexibility index (Phi) is 4.08. The minimum absolute atomic E-state index is 0.0584. The van der Waals surface area contributed by atoms with Crippen molar-refractivity contribution in [2.45, 2.75) is 26.3 Å². The van der Waals surface area contributed by atoms with E-state index in [9.17, 15) is 9.59 Å². The fraction of sp³-hybridized carbons (Fsp3) is 0.800. The zero-order valence-corrected chi connectivity index (χ0v) is 9.32. The second-order valence-electron chi connectivity index (χ2n) is 4.12. The van der Waals surface area contributed by atoms with Crippen LogP contribution in [-0.4, -0.2) is 42.4 Å². The van der Waals surface area contributed by atoms with Crippen LogP contribution in [0, 0.1) is 5.92 Å². The van der Waals surface area contributed by atoms with Gasteiger partial charge in [-0.05, 0) is 13.8 Å². The maximum atomic E-state index is 11.6. The number of carbonyl (C=O) groups is 2. The van der Waals surface area contributed by atoms with E-state index in [0.717, 1.165) is 0 Å². The van der Waals surface area contributed by atoms with Crippen LogP contribution in [0.15, 0.2) is 0 Å². The average molecular weight is 213 g/mol. The third-order valence-corrected chi connectivity index (χ3v) is 2.60.